The van der Waals surface area contributed by atoms with Crippen LogP contribution in [0.1, 0.15) is 57.1 Å². The molecule has 0 unspecified atom stereocenters. The molecule has 1 aliphatic heterocycles. The zero-order valence-electron chi connectivity index (χ0n) is 13.4. The second-order valence-electron chi connectivity index (χ2n) is 6.92. The molecule has 6 heteroatoms. The summed E-state index contributed by atoms with van der Waals surface area (Å²) < 4.78 is 0. The van der Waals surface area contributed by atoms with Crippen LogP contribution in [0.3, 0.4) is 0 Å². The quantitative estimate of drug-likeness (QED) is 0.832. The molecule has 1 aromatic rings. The standard InChI is InChI=1S/C17H23N3O2S/c21-15-6-3-9-19(15)17-18-12(11-23-17)10-16(22)20(14-7-8-14)13-4-1-2-5-13/h11,13-14H,1-10H2. The highest BCUT2D eigenvalue weighted by Crippen LogP contribution is 2.35. The molecule has 3 fully saturated rings. The molecule has 0 radical (unpaired) electrons. The Hall–Kier alpha value is -1.43. The van der Waals surface area contributed by atoms with Crippen LogP contribution in [0.25, 0.3) is 0 Å². The Morgan fingerprint density at radius 1 is 1.22 bits per heavy atom. The zero-order chi connectivity index (χ0) is 15.8. The molecule has 2 aliphatic carbocycles. The number of amides is 2. The Morgan fingerprint density at radius 2 is 1.96 bits per heavy atom. The molecule has 124 valence electrons. The molecule has 0 aromatic carbocycles. The average molecular weight is 333 g/mol. The summed E-state index contributed by atoms with van der Waals surface area (Å²) in [6.45, 7) is 0.760. The number of hydrogen-bond donors (Lipinski definition) is 0. The van der Waals surface area contributed by atoms with Crippen LogP contribution in [-0.4, -0.2) is 40.3 Å². The lowest BCUT2D eigenvalue weighted by atomic mass is 10.1. The first-order chi connectivity index (χ1) is 11.2. The van der Waals surface area contributed by atoms with Crippen molar-refractivity contribution < 1.29 is 9.59 Å². The maximum absolute atomic E-state index is 12.8. The Balaban J connectivity index is 1.43. The van der Waals surface area contributed by atoms with Gasteiger partial charge in [0, 0.05) is 30.4 Å². The van der Waals surface area contributed by atoms with Gasteiger partial charge in [-0.15, -0.1) is 11.3 Å². The molecule has 0 bridgehead atoms. The summed E-state index contributed by atoms with van der Waals surface area (Å²) in [7, 11) is 0. The molecule has 23 heavy (non-hydrogen) atoms. The first-order valence-corrected chi connectivity index (χ1v) is 9.66. The van der Waals surface area contributed by atoms with E-state index in [1.807, 2.05) is 5.38 Å². The molecule has 2 amide bonds. The van der Waals surface area contributed by atoms with Crippen LogP contribution in [0, 0.1) is 0 Å². The number of carbonyl (C=O) groups is 2. The summed E-state index contributed by atoms with van der Waals surface area (Å²) in [6, 6.07) is 0.928. The number of anilines is 1. The third kappa shape index (κ3) is 3.13. The monoisotopic (exact) mass is 333 g/mol. The topological polar surface area (TPSA) is 53.5 Å². The molecule has 2 heterocycles. The van der Waals surface area contributed by atoms with Crippen molar-refractivity contribution in [3.8, 4) is 0 Å². The van der Waals surface area contributed by atoms with E-state index in [0.29, 0.717) is 24.9 Å². The van der Waals surface area contributed by atoms with E-state index in [4.69, 9.17) is 0 Å². The first kappa shape index (κ1) is 15.1. The molecule has 1 aromatic heterocycles. The van der Waals surface area contributed by atoms with E-state index in [-0.39, 0.29) is 11.8 Å². The van der Waals surface area contributed by atoms with E-state index in [1.54, 1.807) is 4.90 Å². The van der Waals surface area contributed by atoms with Gasteiger partial charge in [0.15, 0.2) is 5.13 Å². The minimum atomic E-state index is 0.155. The van der Waals surface area contributed by atoms with Gasteiger partial charge in [0.05, 0.1) is 12.1 Å². The van der Waals surface area contributed by atoms with Crippen molar-refractivity contribution in [2.24, 2.45) is 0 Å². The van der Waals surface area contributed by atoms with Crippen LogP contribution in [0.15, 0.2) is 5.38 Å². The molecule has 4 rings (SSSR count). The number of thiazole rings is 1. The summed E-state index contributed by atoms with van der Waals surface area (Å²) in [5.74, 6) is 0.381. The van der Waals surface area contributed by atoms with Crippen molar-refractivity contribution in [1.29, 1.82) is 0 Å². The van der Waals surface area contributed by atoms with Crippen molar-refractivity contribution in [2.75, 3.05) is 11.4 Å². The Bertz CT molecular complexity index is 605. The molecule has 2 saturated carbocycles. The minimum Gasteiger partial charge on any atom is -0.336 e. The lowest BCUT2D eigenvalue weighted by Gasteiger charge is -2.29. The molecule has 0 spiro atoms. The Labute approximate surface area is 140 Å². The van der Waals surface area contributed by atoms with Crippen LogP contribution in [0.5, 0.6) is 0 Å². The highest BCUT2D eigenvalue weighted by Gasteiger charge is 2.38. The van der Waals surface area contributed by atoms with Gasteiger partial charge in [-0.2, -0.15) is 0 Å². The second kappa shape index (κ2) is 6.23. The first-order valence-electron chi connectivity index (χ1n) is 8.78. The van der Waals surface area contributed by atoms with Gasteiger partial charge in [-0.05, 0) is 32.1 Å². The van der Waals surface area contributed by atoms with Crippen LogP contribution in [0.4, 0.5) is 5.13 Å². The molecule has 0 atom stereocenters. The van der Waals surface area contributed by atoms with E-state index < -0.39 is 0 Å². The van der Waals surface area contributed by atoms with Gasteiger partial charge in [-0.1, -0.05) is 12.8 Å². The van der Waals surface area contributed by atoms with E-state index >= 15 is 0 Å². The molecule has 1 saturated heterocycles. The molecular formula is C17H23N3O2S. The predicted octanol–water partition coefficient (Wildman–Crippen LogP) is 2.75. The van der Waals surface area contributed by atoms with Crippen LogP contribution in [-0.2, 0) is 16.0 Å². The van der Waals surface area contributed by atoms with Crippen molar-refractivity contribution in [3.05, 3.63) is 11.1 Å². The number of rotatable bonds is 5. The minimum absolute atomic E-state index is 0.155. The molecule has 0 N–H and O–H groups in total. The van der Waals surface area contributed by atoms with Gasteiger partial charge in [-0.25, -0.2) is 4.98 Å². The van der Waals surface area contributed by atoms with Crippen molar-refractivity contribution in [2.45, 2.75) is 69.9 Å². The summed E-state index contributed by atoms with van der Waals surface area (Å²) >= 11 is 1.48. The number of aromatic nitrogens is 1. The van der Waals surface area contributed by atoms with E-state index in [0.717, 1.165) is 49.5 Å². The van der Waals surface area contributed by atoms with E-state index in [1.165, 1.54) is 24.2 Å². The van der Waals surface area contributed by atoms with Crippen LogP contribution < -0.4 is 4.90 Å². The van der Waals surface area contributed by atoms with Crippen molar-refractivity contribution in [3.63, 3.8) is 0 Å². The lowest BCUT2D eigenvalue weighted by molar-refractivity contribution is -0.133. The zero-order valence-corrected chi connectivity index (χ0v) is 14.2. The van der Waals surface area contributed by atoms with Gasteiger partial charge in [-0.3, -0.25) is 14.5 Å². The van der Waals surface area contributed by atoms with E-state index in [9.17, 15) is 9.59 Å². The Morgan fingerprint density at radius 3 is 2.61 bits per heavy atom. The van der Waals surface area contributed by atoms with Crippen LogP contribution in [0.2, 0.25) is 0 Å². The van der Waals surface area contributed by atoms with Gasteiger partial charge >= 0.3 is 0 Å². The maximum atomic E-state index is 12.8. The summed E-state index contributed by atoms with van der Waals surface area (Å²) in [4.78, 5) is 33.1. The van der Waals surface area contributed by atoms with E-state index in [2.05, 4.69) is 9.88 Å². The SMILES string of the molecule is O=C1CCCN1c1nc(CC(=O)N(C2CCCC2)C2CC2)cs1. The highest BCUT2D eigenvalue weighted by molar-refractivity contribution is 7.14. The highest BCUT2D eigenvalue weighted by atomic mass is 32.1. The summed E-state index contributed by atoms with van der Waals surface area (Å²) in [6.07, 6.45) is 9.04. The van der Waals surface area contributed by atoms with Gasteiger partial charge in [0.1, 0.15) is 0 Å². The number of nitrogens with zero attached hydrogens (tertiary/aromatic N) is 3. The Kier molecular flexibility index (Phi) is 4.09. The molecule has 3 aliphatic rings. The van der Waals surface area contributed by atoms with Gasteiger partial charge in [0.25, 0.3) is 0 Å². The van der Waals surface area contributed by atoms with Crippen molar-refractivity contribution in [1.82, 2.24) is 9.88 Å². The fourth-order valence-electron chi connectivity index (χ4n) is 3.84. The summed E-state index contributed by atoms with van der Waals surface area (Å²) in [5, 5.41) is 2.70. The fourth-order valence-corrected chi connectivity index (χ4v) is 4.71. The average Bonchev–Trinajstić information content (AvgIpc) is 2.95. The number of hydrogen-bond acceptors (Lipinski definition) is 4. The third-order valence-electron chi connectivity index (χ3n) is 5.12. The van der Waals surface area contributed by atoms with Gasteiger partial charge < -0.3 is 4.90 Å². The van der Waals surface area contributed by atoms with Crippen LogP contribution >= 0.6 is 11.3 Å². The second-order valence-corrected chi connectivity index (χ2v) is 7.75. The van der Waals surface area contributed by atoms with Gasteiger partial charge in [0.2, 0.25) is 11.8 Å². The normalized spacial score (nSPS) is 22.1. The lowest BCUT2D eigenvalue weighted by Crippen LogP contribution is -2.41. The largest absolute Gasteiger partial charge is 0.336 e. The molecule has 5 nitrogen and oxygen atoms in total. The third-order valence-corrected chi connectivity index (χ3v) is 6.04. The number of carbonyl (C=O) groups excluding carboxylic acids is 2. The summed E-state index contributed by atoms with van der Waals surface area (Å²) in [5.41, 5.74) is 0.818. The smallest absolute Gasteiger partial charge is 0.229 e. The molecular weight excluding hydrogens is 310 g/mol. The fraction of sp³-hybridized carbons (Fsp3) is 0.706. The predicted molar refractivity (Wildman–Crippen MR) is 89.5 cm³/mol. The maximum Gasteiger partial charge on any atom is 0.229 e. The van der Waals surface area contributed by atoms with Crippen molar-refractivity contribution >= 4 is 28.3 Å².